The Labute approximate surface area is 224 Å². The SMILES string of the molecule is CC[C@H](C)NC(=O)[C@H](C)N(Cc1ccc(Cl)cc1Cl)C(=O)CCCN(c1ccc(C)cc1)S(C)(=O)=O. The molecule has 10 heteroatoms. The molecule has 0 aliphatic rings. The van der Waals surface area contributed by atoms with Gasteiger partial charge >= 0.3 is 0 Å². The fourth-order valence-electron chi connectivity index (χ4n) is 3.60. The van der Waals surface area contributed by atoms with Gasteiger partial charge in [0, 0.05) is 35.6 Å². The molecule has 0 fully saturated rings. The lowest BCUT2D eigenvalue weighted by atomic mass is 10.1. The minimum Gasteiger partial charge on any atom is -0.352 e. The number of carbonyl (C=O) groups excluding carboxylic acids is 2. The minimum atomic E-state index is -3.54. The van der Waals surface area contributed by atoms with Crippen molar-refractivity contribution < 1.29 is 18.0 Å². The Morgan fingerprint density at radius 2 is 1.69 bits per heavy atom. The van der Waals surface area contributed by atoms with Gasteiger partial charge < -0.3 is 10.2 Å². The van der Waals surface area contributed by atoms with E-state index in [1.165, 1.54) is 9.21 Å². The van der Waals surface area contributed by atoms with Crippen LogP contribution in [0.15, 0.2) is 42.5 Å². The summed E-state index contributed by atoms with van der Waals surface area (Å²) < 4.78 is 26.1. The Morgan fingerprint density at radius 3 is 2.25 bits per heavy atom. The largest absolute Gasteiger partial charge is 0.352 e. The van der Waals surface area contributed by atoms with E-state index < -0.39 is 16.1 Å². The maximum absolute atomic E-state index is 13.3. The average molecular weight is 557 g/mol. The highest BCUT2D eigenvalue weighted by molar-refractivity contribution is 7.92. The van der Waals surface area contributed by atoms with Crippen LogP contribution in [0.4, 0.5) is 5.69 Å². The standard InChI is InChI=1S/C26H35Cl2N3O4S/c1-6-19(3)29-26(33)20(4)30(17-21-11-12-22(27)16-24(21)28)25(32)8-7-15-31(36(5,34)35)23-13-9-18(2)10-14-23/h9-14,16,19-20H,6-8,15,17H2,1-5H3,(H,29,33)/t19-,20-/m0/s1. The molecule has 0 aliphatic heterocycles. The maximum atomic E-state index is 13.3. The number of carbonyl (C=O) groups is 2. The molecule has 198 valence electrons. The lowest BCUT2D eigenvalue weighted by Crippen LogP contribution is -2.49. The van der Waals surface area contributed by atoms with E-state index in [0.717, 1.165) is 18.2 Å². The van der Waals surface area contributed by atoms with Crippen LogP contribution in [0.5, 0.6) is 0 Å². The van der Waals surface area contributed by atoms with Crippen LogP contribution >= 0.6 is 23.2 Å². The summed E-state index contributed by atoms with van der Waals surface area (Å²) in [7, 11) is -3.54. The number of benzene rings is 2. The molecule has 2 atom stereocenters. The molecule has 2 aromatic carbocycles. The van der Waals surface area contributed by atoms with Crippen molar-refractivity contribution in [3.8, 4) is 0 Å². The first-order chi connectivity index (χ1) is 16.8. The molecule has 0 aromatic heterocycles. The van der Waals surface area contributed by atoms with Crippen molar-refractivity contribution in [1.29, 1.82) is 0 Å². The topological polar surface area (TPSA) is 86.8 Å². The first-order valence-corrected chi connectivity index (χ1v) is 14.5. The fraction of sp³-hybridized carbons (Fsp3) is 0.462. The number of aryl methyl sites for hydroxylation is 1. The van der Waals surface area contributed by atoms with Crippen molar-refractivity contribution in [2.45, 2.75) is 65.6 Å². The van der Waals surface area contributed by atoms with E-state index in [0.29, 0.717) is 21.3 Å². The Kier molecular flexibility index (Phi) is 11.1. The van der Waals surface area contributed by atoms with E-state index >= 15 is 0 Å². The van der Waals surface area contributed by atoms with Gasteiger partial charge in [0.05, 0.1) is 11.9 Å². The molecule has 0 saturated carbocycles. The highest BCUT2D eigenvalue weighted by Crippen LogP contribution is 2.24. The highest BCUT2D eigenvalue weighted by atomic mass is 35.5. The van der Waals surface area contributed by atoms with E-state index in [1.807, 2.05) is 32.9 Å². The first kappa shape index (κ1) is 29.9. The van der Waals surface area contributed by atoms with Crippen LogP contribution in [0, 0.1) is 6.92 Å². The molecule has 0 spiro atoms. The van der Waals surface area contributed by atoms with Crippen molar-refractivity contribution in [3.05, 3.63) is 63.6 Å². The Hall–Kier alpha value is -2.29. The number of nitrogens with one attached hydrogen (secondary N) is 1. The molecule has 7 nitrogen and oxygen atoms in total. The minimum absolute atomic E-state index is 0.0335. The van der Waals surface area contributed by atoms with E-state index in [1.54, 1.807) is 37.3 Å². The van der Waals surface area contributed by atoms with Crippen LogP contribution in [-0.2, 0) is 26.2 Å². The van der Waals surface area contributed by atoms with Gasteiger partial charge in [0.2, 0.25) is 21.8 Å². The molecule has 0 bridgehead atoms. The van der Waals surface area contributed by atoms with Crippen molar-refractivity contribution in [2.75, 3.05) is 17.1 Å². The van der Waals surface area contributed by atoms with Gasteiger partial charge in [-0.2, -0.15) is 0 Å². The third-order valence-corrected chi connectivity index (χ3v) is 7.78. The van der Waals surface area contributed by atoms with Gasteiger partial charge in [0.25, 0.3) is 0 Å². The van der Waals surface area contributed by atoms with Crippen LogP contribution in [0.2, 0.25) is 10.0 Å². The van der Waals surface area contributed by atoms with Gasteiger partial charge in [-0.25, -0.2) is 8.42 Å². The Balaban J connectivity index is 2.20. The molecule has 0 aliphatic carbocycles. The average Bonchev–Trinajstić information content (AvgIpc) is 2.80. The predicted molar refractivity (Wildman–Crippen MR) is 147 cm³/mol. The highest BCUT2D eigenvalue weighted by Gasteiger charge is 2.27. The molecular weight excluding hydrogens is 521 g/mol. The first-order valence-electron chi connectivity index (χ1n) is 11.9. The third-order valence-electron chi connectivity index (χ3n) is 6.00. The number of rotatable bonds is 12. The zero-order valence-electron chi connectivity index (χ0n) is 21.4. The summed E-state index contributed by atoms with van der Waals surface area (Å²) in [6, 6.07) is 11.4. The van der Waals surface area contributed by atoms with Crippen molar-refractivity contribution in [2.24, 2.45) is 0 Å². The van der Waals surface area contributed by atoms with Crippen LogP contribution < -0.4 is 9.62 Å². The monoisotopic (exact) mass is 555 g/mol. The summed E-state index contributed by atoms with van der Waals surface area (Å²) in [6.07, 6.45) is 2.24. The van der Waals surface area contributed by atoms with Crippen LogP contribution in [0.3, 0.4) is 0 Å². The molecule has 0 heterocycles. The van der Waals surface area contributed by atoms with Crippen molar-refractivity contribution in [3.63, 3.8) is 0 Å². The van der Waals surface area contributed by atoms with E-state index in [-0.39, 0.29) is 43.8 Å². The summed E-state index contributed by atoms with van der Waals surface area (Å²) >= 11 is 12.4. The summed E-state index contributed by atoms with van der Waals surface area (Å²) in [5.74, 6) is -0.537. The van der Waals surface area contributed by atoms with E-state index in [9.17, 15) is 18.0 Å². The van der Waals surface area contributed by atoms with E-state index in [2.05, 4.69) is 5.32 Å². The second-order valence-electron chi connectivity index (χ2n) is 9.03. The van der Waals surface area contributed by atoms with Gasteiger partial charge in [0.1, 0.15) is 6.04 Å². The lowest BCUT2D eigenvalue weighted by Gasteiger charge is -2.30. The number of nitrogens with zero attached hydrogens (tertiary/aromatic N) is 2. The summed E-state index contributed by atoms with van der Waals surface area (Å²) in [5.41, 5.74) is 2.22. The second kappa shape index (κ2) is 13.3. The molecular formula is C26H35Cl2N3O4S. The number of hydrogen-bond acceptors (Lipinski definition) is 4. The van der Waals surface area contributed by atoms with Gasteiger partial charge in [-0.05, 0) is 63.4 Å². The Bertz CT molecular complexity index is 1160. The lowest BCUT2D eigenvalue weighted by molar-refractivity contribution is -0.140. The second-order valence-corrected chi connectivity index (χ2v) is 11.8. The van der Waals surface area contributed by atoms with Gasteiger partial charge in [-0.15, -0.1) is 0 Å². The molecule has 36 heavy (non-hydrogen) atoms. The normalized spacial score (nSPS) is 13.1. The van der Waals surface area contributed by atoms with Crippen molar-refractivity contribution >= 4 is 50.7 Å². The van der Waals surface area contributed by atoms with E-state index in [4.69, 9.17) is 23.2 Å². The molecule has 0 radical (unpaired) electrons. The number of amides is 2. The van der Waals surface area contributed by atoms with Crippen LogP contribution in [-0.4, -0.2) is 50.0 Å². The number of hydrogen-bond donors (Lipinski definition) is 1. The zero-order valence-corrected chi connectivity index (χ0v) is 23.8. The van der Waals surface area contributed by atoms with Crippen LogP contribution in [0.25, 0.3) is 0 Å². The fourth-order valence-corrected chi connectivity index (χ4v) is 5.03. The molecule has 2 amide bonds. The summed E-state index contributed by atoms with van der Waals surface area (Å²) in [6.45, 7) is 7.72. The quantitative estimate of drug-likeness (QED) is 0.391. The van der Waals surface area contributed by atoms with Crippen LogP contribution in [0.1, 0.15) is 51.2 Å². The van der Waals surface area contributed by atoms with Gasteiger partial charge in [0.15, 0.2) is 0 Å². The maximum Gasteiger partial charge on any atom is 0.242 e. The third kappa shape index (κ3) is 8.68. The number of anilines is 1. The summed E-state index contributed by atoms with van der Waals surface area (Å²) in [4.78, 5) is 27.7. The molecule has 0 saturated heterocycles. The number of sulfonamides is 1. The molecule has 0 unspecified atom stereocenters. The molecule has 1 N–H and O–H groups in total. The molecule has 2 aromatic rings. The summed E-state index contributed by atoms with van der Waals surface area (Å²) in [5, 5.41) is 3.79. The number of halogens is 2. The van der Waals surface area contributed by atoms with Crippen molar-refractivity contribution in [1.82, 2.24) is 10.2 Å². The Morgan fingerprint density at radius 1 is 1.06 bits per heavy atom. The zero-order chi connectivity index (χ0) is 27.0. The van der Waals surface area contributed by atoms with Gasteiger partial charge in [-0.3, -0.25) is 13.9 Å². The molecule has 2 rings (SSSR count). The van der Waals surface area contributed by atoms with Gasteiger partial charge in [-0.1, -0.05) is 53.9 Å². The smallest absolute Gasteiger partial charge is 0.242 e. The predicted octanol–water partition coefficient (Wildman–Crippen LogP) is 5.18.